The second-order valence-corrected chi connectivity index (χ2v) is 20.0. The van der Waals surface area contributed by atoms with Gasteiger partial charge in [0.05, 0.1) is 0 Å². The van der Waals surface area contributed by atoms with Crippen molar-refractivity contribution in [1.82, 2.24) is 0 Å². The van der Waals surface area contributed by atoms with Crippen molar-refractivity contribution in [2.45, 2.75) is 13.8 Å². The van der Waals surface area contributed by atoms with Gasteiger partial charge in [-0.2, -0.15) is 0 Å². The minimum Gasteiger partial charge on any atom is -0.0922 e. The van der Waals surface area contributed by atoms with E-state index in [-0.39, 0.29) is 0 Å². The Hall–Kier alpha value is 1.30. The molecule has 0 amide bonds. The summed E-state index contributed by atoms with van der Waals surface area (Å²) in [5, 5.41) is 0. The molecule has 0 saturated heterocycles. The summed E-state index contributed by atoms with van der Waals surface area (Å²) in [6.07, 6.45) is 2.29. The van der Waals surface area contributed by atoms with E-state index in [2.05, 4.69) is 27.2 Å². The van der Waals surface area contributed by atoms with E-state index < -0.39 is 11.5 Å². The Bertz CT molecular complexity index is 176. The van der Waals surface area contributed by atoms with E-state index in [4.69, 9.17) is 23.6 Å². The fourth-order valence-corrected chi connectivity index (χ4v) is 7.46. The maximum absolute atomic E-state index is 5.54. The molecule has 0 saturated carbocycles. The predicted molar refractivity (Wildman–Crippen MR) is 61.5 cm³/mol. The highest BCUT2D eigenvalue weighted by molar-refractivity contribution is 8.65. The summed E-state index contributed by atoms with van der Waals surface area (Å²) < 4.78 is 0. The van der Waals surface area contributed by atoms with Gasteiger partial charge in [-0.25, -0.2) is 0 Å². The van der Waals surface area contributed by atoms with Gasteiger partial charge < -0.3 is 0 Å². The molecule has 2 unspecified atom stereocenters. The van der Waals surface area contributed by atoms with E-state index in [0.29, 0.717) is 0 Å². The molecular weight excluding hydrogens is 198 g/mol. The third-order valence-corrected chi connectivity index (χ3v) is 22.2. The number of rotatable bonds is 3. The van der Waals surface area contributed by atoms with Crippen LogP contribution in [0.4, 0.5) is 0 Å². The lowest BCUT2D eigenvalue weighted by Crippen LogP contribution is -1.87. The monoisotopic (exact) mass is 214 g/mol. The zero-order valence-corrected chi connectivity index (χ0v) is 10.5. The largest absolute Gasteiger partial charge is 0.0922 e. The van der Waals surface area contributed by atoms with Gasteiger partial charge in [0, 0.05) is 0 Å². The highest BCUT2D eigenvalue weighted by Crippen LogP contribution is 2.77. The van der Waals surface area contributed by atoms with Gasteiger partial charge in [0.1, 0.15) is 0 Å². The first-order valence-corrected chi connectivity index (χ1v) is 11.1. The lowest BCUT2D eigenvalue weighted by Gasteiger charge is -2.26. The zero-order chi connectivity index (χ0) is 8.41. The molecule has 10 heavy (non-hydrogen) atoms. The van der Waals surface area contributed by atoms with Crippen LogP contribution in [0.25, 0.3) is 0 Å². The van der Waals surface area contributed by atoms with Crippen LogP contribution in [0.5, 0.6) is 0 Å². The molecule has 0 aromatic carbocycles. The molecule has 0 radical (unpaired) electrons. The highest BCUT2D eigenvalue weighted by Gasteiger charge is 2.21. The van der Waals surface area contributed by atoms with E-state index in [0.717, 1.165) is 12.3 Å². The fraction of sp³-hybridized carbons (Fsp3) is 1.00. The average molecular weight is 214 g/mol. The van der Waals surface area contributed by atoms with E-state index in [1.165, 1.54) is 0 Å². The third kappa shape index (κ3) is 2.41. The lowest BCUT2D eigenvalue weighted by atomic mass is 11.0. The standard InChI is InChI=1S/C6H16P2S2/c1-5-7(3,9)8(4,10)6-2/h5-6H2,1-4H3. The molecule has 0 nitrogen and oxygen atoms in total. The quantitative estimate of drug-likeness (QED) is 0.662. The van der Waals surface area contributed by atoms with Gasteiger partial charge >= 0.3 is 0 Å². The van der Waals surface area contributed by atoms with Gasteiger partial charge in [0.25, 0.3) is 0 Å². The van der Waals surface area contributed by atoms with Crippen LogP contribution in [0.1, 0.15) is 13.8 Å². The Morgan fingerprint density at radius 1 is 0.900 bits per heavy atom. The smallest absolute Gasteiger partial charge is 0.0164 e. The van der Waals surface area contributed by atoms with E-state index >= 15 is 0 Å². The third-order valence-electron chi connectivity index (χ3n) is 2.07. The minimum atomic E-state index is -1.12. The van der Waals surface area contributed by atoms with E-state index in [1.807, 2.05) is 0 Å². The maximum atomic E-state index is 5.54. The first kappa shape index (κ1) is 11.3. The van der Waals surface area contributed by atoms with Crippen molar-refractivity contribution in [1.29, 1.82) is 0 Å². The van der Waals surface area contributed by atoms with Gasteiger partial charge in [0.15, 0.2) is 0 Å². The van der Waals surface area contributed by atoms with Crippen LogP contribution in [0.15, 0.2) is 0 Å². The van der Waals surface area contributed by atoms with Crippen LogP contribution in [-0.4, -0.2) is 25.7 Å². The minimum absolute atomic E-state index is 1.12. The van der Waals surface area contributed by atoms with Gasteiger partial charge in [-0.1, -0.05) is 37.5 Å². The molecule has 0 fully saturated rings. The Balaban J connectivity index is 4.64. The van der Waals surface area contributed by atoms with Gasteiger partial charge in [-0.05, 0) is 37.1 Å². The van der Waals surface area contributed by atoms with Crippen molar-refractivity contribution < 1.29 is 0 Å². The summed E-state index contributed by atoms with van der Waals surface area (Å²) in [6, 6.07) is 0. The Labute approximate surface area is 74.7 Å². The first-order valence-electron chi connectivity index (χ1n) is 3.51. The topological polar surface area (TPSA) is 0 Å². The lowest BCUT2D eigenvalue weighted by molar-refractivity contribution is 1.49. The maximum Gasteiger partial charge on any atom is -0.0164 e. The SMILES string of the molecule is CCP(C)(=S)P(C)(=S)CC. The van der Waals surface area contributed by atoms with Crippen LogP contribution in [0.2, 0.25) is 0 Å². The molecule has 0 aliphatic carbocycles. The summed E-state index contributed by atoms with van der Waals surface area (Å²) in [6.45, 7) is 8.82. The Morgan fingerprint density at radius 2 is 1.10 bits per heavy atom. The molecule has 0 bridgehead atoms. The van der Waals surface area contributed by atoms with Crippen LogP contribution < -0.4 is 0 Å². The van der Waals surface area contributed by atoms with Crippen LogP contribution in [0.3, 0.4) is 0 Å². The summed E-state index contributed by atoms with van der Waals surface area (Å²) in [5.74, 6) is 0. The fourth-order valence-electron chi connectivity index (χ4n) is 0.598. The van der Waals surface area contributed by atoms with Crippen molar-refractivity contribution in [3.05, 3.63) is 0 Å². The predicted octanol–water partition coefficient (Wildman–Crippen LogP) is 3.16. The van der Waals surface area contributed by atoms with Gasteiger partial charge in [-0.3, -0.25) is 0 Å². The van der Waals surface area contributed by atoms with Crippen LogP contribution in [-0.2, 0) is 23.6 Å². The van der Waals surface area contributed by atoms with Crippen molar-refractivity contribution in [3.63, 3.8) is 0 Å². The molecule has 0 heterocycles. The van der Waals surface area contributed by atoms with E-state index in [1.54, 1.807) is 0 Å². The molecule has 0 aliphatic rings. The summed E-state index contributed by atoms with van der Waals surface area (Å²) in [5.41, 5.74) is -2.23. The van der Waals surface area contributed by atoms with E-state index in [9.17, 15) is 0 Å². The molecule has 0 N–H and O–H groups in total. The molecule has 0 aromatic heterocycles. The molecule has 0 spiro atoms. The summed E-state index contributed by atoms with van der Waals surface area (Å²) in [4.78, 5) is 0. The van der Waals surface area contributed by atoms with Crippen molar-refractivity contribution in [2.24, 2.45) is 0 Å². The highest BCUT2D eigenvalue weighted by atomic mass is 32.8. The number of hydrogen-bond acceptors (Lipinski definition) is 2. The summed E-state index contributed by atoms with van der Waals surface area (Å²) >= 11 is 11.1. The Kier molecular flexibility index (Phi) is 4.30. The second-order valence-electron chi connectivity index (χ2n) is 2.73. The Morgan fingerprint density at radius 3 is 1.20 bits per heavy atom. The van der Waals surface area contributed by atoms with Crippen molar-refractivity contribution in [2.75, 3.05) is 25.7 Å². The van der Waals surface area contributed by atoms with Crippen molar-refractivity contribution in [3.8, 4) is 0 Å². The molecule has 0 rings (SSSR count). The normalized spacial score (nSPS) is 23.2. The van der Waals surface area contributed by atoms with Crippen molar-refractivity contribution >= 4 is 35.1 Å². The number of hydrogen-bond donors (Lipinski definition) is 0. The molecule has 0 aliphatic heterocycles. The molecule has 2 atom stereocenters. The average Bonchev–Trinajstić information content (AvgIpc) is 1.88. The molecule has 0 aromatic rings. The molecule has 62 valence electrons. The zero-order valence-electron chi connectivity index (χ0n) is 7.13. The summed E-state index contributed by atoms with van der Waals surface area (Å²) in [7, 11) is 0. The molecule has 4 heteroatoms. The van der Waals surface area contributed by atoms with Gasteiger partial charge in [-0.15, -0.1) is 0 Å². The van der Waals surface area contributed by atoms with Crippen LogP contribution >= 0.6 is 11.5 Å². The van der Waals surface area contributed by atoms with Gasteiger partial charge in [0.2, 0.25) is 0 Å². The molecular formula is C6H16P2S2. The van der Waals surface area contributed by atoms with Crippen LogP contribution in [0, 0.1) is 0 Å². The second kappa shape index (κ2) is 3.81. The first-order chi connectivity index (χ1) is 4.37.